The Hall–Kier alpha value is -2.60. The van der Waals surface area contributed by atoms with Crippen molar-refractivity contribution in [1.29, 1.82) is 0 Å². The SMILES string of the molecule is COc1ccccc1NC(=O)[C@@H](C)OC(=O)/C=C/c1ccccc1Br. The van der Waals surface area contributed by atoms with Crippen molar-refractivity contribution in [2.75, 3.05) is 12.4 Å². The number of carbonyl (C=O) groups excluding carboxylic acids is 2. The van der Waals surface area contributed by atoms with Crippen molar-refractivity contribution >= 4 is 39.6 Å². The van der Waals surface area contributed by atoms with E-state index < -0.39 is 18.0 Å². The highest BCUT2D eigenvalue weighted by atomic mass is 79.9. The lowest BCUT2D eigenvalue weighted by atomic mass is 10.2. The van der Waals surface area contributed by atoms with Crippen LogP contribution in [0.1, 0.15) is 12.5 Å². The summed E-state index contributed by atoms with van der Waals surface area (Å²) >= 11 is 3.39. The molecule has 5 nitrogen and oxygen atoms in total. The Labute approximate surface area is 154 Å². The van der Waals surface area contributed by atoms with E-state index in [4.69, 9.17) is 9.47 Å². The second-order valence-electron chi connectivity index (χ2n) is 5.12. The molecule has 0 aromatic heterocycles. The number of halogens is 1. The summed E-state index contributed by atoms with van der Waals surface area (Å²) in [4.78, 5) is 24.1. The van der Waals surface area contributed by atoms with Crippen LogP contribution in [0.4, 0.5) is 5.69 Å². The molecule has 0 bridgehead atoms. The van der Waals surface area contributed by atoms with E-state index >= 15 is 0 Å². The van der Waals surface area contributed by atoms with Gasteiger partial charge in [-0.1, -0.05) is 46.3 Å². The lowest BCUT2D eigenvalue weighted by Crippen LogP contribution is -2.29. The molecule has 2 aromatic carbocycles. The standard InChI is InChI=1S/C19H18BrNO4/c1-13(19(23)21-16-9-5-6-10-17(16)24-2)25-18(22)12-11-14-7-3-4-8-15(14)20/h3-13H,1-2H3,(H,21,23)/b12-11+/t13-/m1/s1. The second kappa shape index (κ2) is 9.03. The molecule has 0 saturated carbocycles. The summed E-state index contributed by atoms with van der Waals surface area (Å²) < 4.78 is 11.2. The van der Waals surface area contributed by atoms with E-state index in [2.05, 4.69) is 21.2 Å². The van der Waals surface area contributed by atoms with Crippen molar-refractivity contribution in [3.05, 3.63) is 64.6 Å². The number of esters is 1. The summed E-state index contributed by atoms with van der Waals surface area (Å²) in [5.41, 5.74) is 1.35. The number of para-hydroxylation sites is 2. The Morgan fingerprint density at radius 2 is 1.80 bits per heavy atom. The minimum Gasteiger partial charge on any atom is -0.495 e. The minimum absolute atomic E-state index is 0.438. The normalized spacial score (nSPS) is 11.8. The number of amides is 1. The van der Waals surface area contributed by atoms with Crippen LogP contribution in [0.15, 0.2) is 59.1 Å². The Morgan fingerprint density at radius 1 is 1.12 bits per heavy atom. The van der Waals surface area contributed by atoms with Crippen LogP contribution in [-0.4, -0.2) is 25.1 Å². The number of ether oxygens (including phenoxy) is 2. The molecule has 1 amide bonds. The molecule has 0 heterocycles. The van der Waals surface area contributed by atoms with E-state index in [0.717, 1.165) is 10.0 Å². The van der Waals surface area contributed by atoms with E-state index in [1.54, 1.807) is 30.3 Å². The monoisotopic (exact) mass is 403 g/mol. The van der Waals surface area contributed by atoms with Crippen molar-refractivity contribution in [2.24, 2.45) is 0 Å². The molecule has 1 atom stereocenters. The molecule has 0 radical (unpaired) electrons. The predicted molar refractivity (Wildman–Crippen MR) is 100 cm³/mol. The fourth-order valence-corrected chi connectivity index (χ4v) is 2.43. The smallest absolute Gasteiger partial charge is 0.331 e. The Kier molecular flexibility index (Phi) is 6.77. The topological polar surface area (TPSA) is 64.6 Å². The highest BCUT2D eigenvalue weighted by Crippen LogP contribution is 2.23. The summed E-state index contributed by atoms with van der Waals surface area (Å²) in [5.74, 6) is -0.506. The fraction of sp³-hybridized carbons (Fsp3) is 0.158. The van der Waals surface area contributed by atoms with Gasteiger partial charge in [0, 0.05) is 10.5 Å². The molecule has 0 unspecified atom stereocenters. The van der Waals surface area contributed by atoms with Crippen molar-refractivity contribution in [3.63, 3.8) is 0 Å². The van der Waals surface area contributed by atoms with Gasteiger partial charge < -0.3 is 14.8 Å². The highest BCUT2D eigenvalue weighted by Gasteiger charge is 2.18. The zero-order chi connectivity index (χ0) is 18.2. The van der Waals surface area contributed by atoms with Gasteiger partial charge in [0.05, 0.1) is 12.8 Å². The van der Waals surface area contributed by atoms with Gasteiger partial charge in [0.1, 0.15) is 5.75 Å². The van der Waals surface area contributed by atoms with Gasteiger partial charge >= 0.3 is 5.97 Å². The van der Waals surface area contributed by atoms with Crippen LogP contribution >= 0.6 is 15.9 Å². The van der Waals surface area contributed by atoms with E-state index in [9.17, 15) is 9.59 Å². The van der Waals surface area contributed by atoms with Crippen LogP contribution in [0.3, 0.4) is 0 Å². The number of nitrogens with one attached hydrogen (secondary N) is 1. The van der Waals surface area contributed by atoms with E-state index in [0.29, 0.717) is 11.4 Å². The quantitative estimate of drug-likeness (QED) is 0.583. The lowest BCUT2D eigenvalue weighted by molar-refractivity contribution is -0.148. The molecule has 2 rings (SSSR count). The number of carbonyl (C=O) groups is 2. The molecule has 0 saturated heterocycles. The maximum Gasteiger partial charge on any atom is 0.331 e. The summed E-state index contributed by atoms with van der Waals surface area (Å²) in [5, 5.41) is 2.68. The summed E-state index contributed by atoms with van der Waals surface area (Å²) in [6.45, 7) is 1.51. The molecule has 1 N–H and O–H groups in total. The minimum atomic E-state index is -0.943. The maximum atomic E-state index is 12.2. The molecular weight excluding hydrogens is 386 g/mol. The van der Waals surface area contributed by atoms with Gasteiger partial charge in [-0.05, 0) is 36.8 Å². The van der Waals surface area contributed by atoms with Crippen molar-refractivity contribution < 1.29 is 19.1 Å². The van der Waals surface area contributed by atoms with Gasteiger partial charge in [-0.15, -0.1) is 0 Å². The van der Waals surface area contributed by atoms with Crippen LogP contribution in [-0.2, 0) is 14.3 Å². The first-order valence-corrected chi connectivity index (χ1v) is 8.37. The zero-order valence-corrected chi connectivity index (χ0v) is 15.4. The van der Waals surface area contributed by atoms with Crippen molar-refractivity contribution in [2.45, 2.75) is 13.0 Å². The Morgan fingerprint density at radius 3 is 2.52 bits per heavy atom. The van der Waals surface area contributed by atoms with Gasteiger partial charge in [-0.25, -0.2) is 4.79 Å². The van der Waals surface area contributed by atoms with Crippen LogP contribution < -0.4 is 10.1 Å². The largest absolute Gasteiger partial charge is 0.495 e. The molecule has 0 spiro atoms. The number of methoxy groups -OCH3 is 1. The van der Waals surface area contributed by atoms with E-state index in [1.165, 1.54) is 20.1 Å². The van der Waals surface area contributed by atoms with Gasteiger partial charge in [0.2, 0.25) is 0 Å². The van der Waals surface area contributed by atoms with Crippen molar-refractivity contribution in [1.82, 2.24) is 0 Å². The molecule has 0 aliphatic carbocycles. The molecule has 2 aromatic rings. The third kappa shape index (κ3) is 5.46. The first-order valence-electron chi connectivity index (χ1n) is 7.58. The van der Waals surface area contributed by atoms with Gasteiger partial charge in [0.15, 0.2) is 6.10 Å². The fourth-order valence-electron chi connectivity index (χ4n) is 2.02. The lowest BCUT2D eigenvalue weighted by Gasteiger charge is -2.14. The molecule has 130 valence electrons. The summed E-state index contributed by atoms with van der Waals surface area (Å²) in [6, 6.07) is 14.5. The molecule has 25 heavy (non-hydrogen) atoms. The predicted octanol–water partition coefficient (Wildman–Crippen LogP) is 4.04. The number of anilines is 1. The Balaban J connectivity index is 1.94. The summed E-state index contributed by atoms with van der Waals surface area (Å²) in [7, 11) is 1.51. The number of rotatable bonds is 6. The van der Waals surface area contributed by atoms with Gasteiger partial charge in [-0.3, -0.25) is 4.79 Å². The second-order valence-corrected chi connectivity index (χ2v) is 5.98. The third-order valence-electron chi connectivity index (χ3n) is 3.33. The van der Waals surface area contributed by atoms with Gasteiger partial charge in [0.25, 0.3) is 5.91 Å². The third-order valence-corrected chi connectivity index (χ3v) is 4.05. The summed E-state index contributed by atoms with van der Waals surface area (Å²) in [6.07, 6.45) is 1.96. The maximum absolute atomic E-state index is 12.2. The first-order chi connectivity index (χ1) is 12.0. The molecule has 0 fully saturated rings. The molecular formula is C19H18BrNO4. The van der Waals surface area contributed by atoms with Crippen LogP contribution in [0, 0.1) is 0 Å². The van der Waals surface area contributed by atoms with Crippen LogP contribution in [0.5, 0.6) is 5.75 Å². The number of benzene rings is 2. The highest BCUT2D eigenvalue weighted by molar-refractivity contribution is 9.10. The van der Waals surface area contributed by atoms with Crippen LogP contribution in [0.25, 0.3) is 6.08 Å². The first kappa shape index (κ1) is 18.7. The average Bonchev–Trinajstić information content (AvgIpc) is 2.61. The average molecular weight is 404 g/mol. The van der Waals surface area contributed by atoms with Gasteiger partial charge in [-0.2, -0.15) is 0 Å². The van der Waals surface area contributed by atoms with Crippen LogP contribution in [0.2, 0.25) is 0 Å². The number of hydrogen-bond donors (Lipinski definition) is 1. The number of hydrogen-bond acceptors (Lipinski definition) is 4. The molecule has 0 aliphatic heterocycles. The zero-order valence-electron chi connectivity index (χ0n) is 13.9. The Bertz CT molecular complexity index is 788. The van der Waals surface area contributed by atoms with E-state index in [-0.39, 0.29) is 0 Å². The molecule has 0 aliphatic rings. The molecule has 6 heteroatoms. The van der Waals surface area contributed by atoms with E-state index in [1.807, 2.05) is 24.3 Å². The van der Waals surface area contributed by atoms with Crippen molar-refractivity contribution in [3.8, 4) is 5.75 Å².